The Morgan fingerprint density at radius 3 is 2.82 bits per heavy atom. The number of H-pyrrole nitrogens is 1. The van der Waals surface area contributed by atoms with Crippen molar-refractivity contribution < 1.29 is 4.79 Å². The van der Waals surface area contributed by atoms with E-state index in [1.54, 1.807) is 12.4 Å². The molecule has 88 valence electrons. The molecule has 2 heterocycles. The van der Waals surface area contributed by atoms with Gasteiger partial charge in [0, 0.05) is 18.9 Å². The van der Waals surface area contributed by atoms with Gasteiger partial charge in [-0.05, 0) is 6.92 Å². The zero-order chi connectivity index (χ0) is 12.1. The van der Waals surface area contributed by atoms with E-state index in [0.717, 1.165) is 6.54 Å². The number of imidazole rings is 1. The molecule has 7 nitrogen and oxygen atoms in total. The second-order valence-corrected chi connectivity index (χ2v) is 3.21. The maximum atomic E-state index is 11.7. The van der Waals surface area contributed by atoms with Gasteiger partial charge < -0.3 is 10.3 Å². The van der Waals surface area contributed by atoms with Gasteiger partial charge in [0.15, 0.2) is 0 Å². The molecular formula is C10H12N6O. The van der Waals surface area contributed by atoms with Gasteiger partial charge in [-0.15, -0.1) is 0 Å². The summed E-state index contributed by atoms with van der Waals surface area (Å²) in [7, 11) is 0. The van der Waals surface area contributed by atoms with E-state index >= 15 is 0 Å². The molecule has 0 spiro atoms. The summed E-state index contributed by atoms with van der Waals surface area (Å²) >= 11 is 0. The Labute approximate surface area is 97.7 Å². The fourth-order valence-electron chi connectivity index (χ4n) is 1.22. The fourth-order valence-corrected chi connectivity index (χ4v) is 1.22. The van der Waals surface area contributed by atoms with Crippen LogP contribution in [0.4, 0.5) is 11.8 Å². The van der Waals surface area contributed by atoms with Crippen molar-refractivity contribution in [1.29, 1.82) is 0 Å². The first-order chi connectivity index (χ1) is 8.29. The van der Waals surface area contributed by atoms with Crippen LogP contribution in [0.15, 0.2) is 24.8 Å². The van der Waals surface area contributed by atoms with E-state index in [2.05, 4.69) is 30.6 Å². The van der Waals surface area contributed by atoms with Gasteiger partial charge in [0.25, 0.3) is 5.91 Å². The average Bonchev–Trinajstić information content (AvgIpc) is 2.83. The smallest absolute Gasteiger partial charge is 0.278 e. The highest BCUT2D eigenvalue weighted by molar-refractivity contribution is 6.01. The summed E-state index contributed by atoms with van der Waals surface area (Å²) in [5.41, 5.74) is 0.239. The van der Waals surface area contributed by atoms with E-state index in [1.165, 1.54) is 12.4 Å². The molecule has 17 heavy (non-hydrogen) atoms. The van der Waals surface area contributed by atoms with E-state index in [4.69, 9.17) is 0 Å². The van der Waals surface area contributed by atoms with Gasteiger partial charge in [-0.2, -0.15) is 0 Å². The predicted octanol–water partition coefficient (Wildman–Crippen LogP) is 0.884. The van der Waals surface area contributed by atoms with Crippen molar-refractivity contribution in [2.24, 2.45) is 0 Å². The molecule has 0 atom stereocenters. The second-order valence-electron chi connectivity index (χ2n) is 3.21. The number of nitrogens with zero attached hydrogens (tertiary/aromatic N) is 3. The molecule has 0 aliphatic rings. The molecular weight excluding hydrogens is 220 g/mol. The third-order valence-corrected chi connectivity index (χ3v) is 1.97. The zero-order valence-corrected chi connectivity index (χ0v) is 9.27. The molecule has 0 bridgehead atoms. The molecule has 0 aliphatic carbocycles. The van der Waals surface area contributed by atoms with Crippen molar-refractivity contribution in [2.45, 2.75) is 6.92 Å². The Morgan fingerprint density at radius 1 is 1.35 bits per heavy atom. The summed E-state index contributed by atoms with van der Waals surface area (Å²) in [6.45, 7) is 2.71. The highest BCUT2D eigenvalue weighted by Gasteiger charge is 2.09. The van der Waals surface area contributed by atoms with Gasteiger partial charge >= 0.3 is 0 Å². The number of nitrogens with one attached hydrogen (secondary N) is 3. The van der Waals surface area contributed by atoms with Crippen molar-refractivity contribution >= 4 is 17.7 Å². The van der Waals surface area contributed by atoms with Gasteiger partial charge in [-0.3, -0.25) is 10.1 Å². The van der Waals surface area contributed by atoms with Crippen molar-refractivity contribution in [3.8, 4) is 0 Å². The summed E-state index contributed by atoms with van der Waals surface area (Å²) in [6, 6.07) is 0. The van der Waals surface area contributed by atoms with Crippen LogP contribution in [-0.4, -0.2) is 32.4 Å². The quantitative estimate of drug-likeness (QED) is 0.727. The lowest BCUT2D eigenvalue weighted by Gasteiger charge is -2.03. The summed E-state index contributed by atoms with van der Waals surface area (Å²) in [5.74, 6) is 0.671. The molecule has 0 aliphatic heterocycles. The predicted molar refractivity (Wildman–Crippen MR) is 62.7 cm³/mol. The Kier molecular flexibility index (Phi) is 3.29. The summed E-state index contributed by atoms with van der Waals surface area (Å²) in [6.07, 6.45) is 6.10. The van der Waals surface area contributed by atoms with Crippen LogP contribution < -0.4 is 10.6 Å². The topological polar surface area (TPSA) is 95.6 Å². The number of rotatable bonds is 4. The number of aromatic nitrogens is 4. The second kappa shape index (κ2) is 5.06. The van der Waals surface area contributed by atoms with Crippen LogP contribution in [0.2, 0.25) is 0 Å². The normalized spacial score (nSPS) is 9.94. The molecule has 2 aromatic heterocycles. The number of hydrogen-bond acceptors (Lipinski definition) is 5. The molecule has 0 saturated carbocycles. The zero-order valence-electron chi connectivity index (χ0n) is 9.27. The van der Waals surface area contributed by atoms with Crippen LogP contribution in [0.25, 0.3) is 0 Å². The lowest BCUT2D eigenvalue weighted by molar-refractivity contribution is 0.102. The third kappa shape index (κ3) is 2.77. The maximum absolute atomic E-state index is 11.7. The molecule has 0 saturated heterocycles. The van der Waals surface area contributed by atoms with Crippen molar-refractivity contribution in [2.75, 3.05) is 17.2 Å². The van der Waals surface area contributed by atoms with Crippen LogP contribution in [-0.2, 0) is 0 Å². The first kappa shape index (κ1) is 11.1. The summed E-state index contributed by atoms with van der Waals surface area (Å²) in [5, 5.41) is 5.56. The lowest BCUT2D eigenvalue weighted by atomic mass is 10.4. The molecule has 2 aromatic rings. The van der Waals surface area contributed by atoms with Crippen LogP contribution in [0.3, 0.4) is 0 Å². The first-order valence-electron chi connectivity index (χ1n) is 5.16. The minimum Gasteiger partial charge on any atom is -0.369 e. The van der Waals surface area contributed by atoms with Crippen LogP contribution in [0.1, 0.15) is 17.4 Å². The molecule has 2 rings (SSSR count). The highest BCUT2D eigenvalue weighted by Crippen LogP contribution is 2.03. The van der Waals surface area contributed by atoms with Gasteiger partial charge in [-0.1, -0.05) is 0 Å². The molecule has 0 aromatic carbocycles. The minimum absolute atomic E-state index is 0.239. The maximum Gasteiger partial charge on any atom is 0.278 e. The summed E-state index contributed by atoms with van der Waals surface area (Å²) < 4.78 is 0. The van der Waals surface area contributed by atoms with E-state index in [0.29, 0.717) is 11.8 Å². The van der Waals surface area contributed by atoms with Crippen molar-refractivity contribution in [1.82, 2.24) is 19.9 Å². The van der Waals surface area contributed by atoms with Crippen LogP contribution >= 0.6 is 0 Å². The number of anilines is 2. The lowest BCUT2D eigenvalue weighted by Crippen LogP contribution is -2.15. The van der Waals surface area contributed by atoms with E-state index in [9.17, 15) is 4.79 Å². The monoisotopic (exact) mass is 232 g/mol. The number of carbonyl (C=O) groups excluding carboxylic acids is 1. The van der Waals surface area contributed by atoms with Crippen molar-refractivity contribution in [3.05, 3.63) is 30.5 Å². The SMILES string of the molecule is CCNc1cnc(C(=O)Nc2ncc[nH]2)cn1. The Bertz CT molecular complexity index is 478. The summed E-state index contributed by atoms with van der Waals surface area (Å²) in [4.78, 5) is 26.4. The van der Waals surface area contributed by atoms with Crippen molar-refractivity contribution in [3.63, 3.8) is 0 Å². The number of amides is 1. The number of hydrogen-bond donors (Lipinski definition) is 3. The molecule has 1 amide bonds. The average molecular weight is 232 g/mol. The molecule has 0 unspecified atom stereocenters. The van der Waals surface area contributed by atoms with Gasteiger partial charge in [0.05, 0.1) is 12.4 Å². The molecule has 0 fully saturated rings. The Hall–Kier alpha value is -2.44. The van der Waals surface area contributed by atoms with Crippen LogP contribution in [0.5, 0.6) is 0 Å². The van der Waals surface area contributed by atoms with Gasteiger partial charge in [-0.25, -0.2) is 15.0 Å². The molecule has 7 heteroatoms. The first-order valence-corrected chi connectivity index (χ1v) is 5.16. The van der Waals surface area contributed by atoms with E-state index in [-0.39, 0.29) is 11.6 Å². The standard InChI is InChI=1S/C10H12N6O/c1-2-11-8-6-14-7(5-15-8)9(17)16-10-12-3-4-13-10/h3-6H,2H2,1H3,(H,11,15)(H2,12,13,16,17). The minimum atomic E-state index is -0.351. The molecule has 3 N–H and O–H groups in total. The fraction of sp³-hybridized carbons (Fsp3) is 0.200. The Balaban J connectivity index is 2.04. The Morgan fingerprint density at radius 2 is 2.24 bits per heavy atom. The third-order valence-electron chi connectivity index (χ3n) is 1.97. The largest absolute Gasteiger partial charge is 0.369 e. The van der Waals surface area contributed by atoms with E-state index < -0.39 is 0 Å². The number of aromatic amines is 1. The highest BCUT2D eigenvalue weighted by atomic mass is 16.2. The number of carbonyl (C=O) groups is 1. The molecule has 0 radical (unpaired) electrons. The van der Waals surface area contributed by atoms with Gasteiger partial charge in [0.2, 0.25) is 5.95 Å². The van der Waals surface area contributed by atoms with Crippen LogP contribution in [0, 0.1) is 0 Å². The van der Waals surface area contributed by atoms with E-state index in [1.807, 2.05) is 6.92 Å². The van der Waals surface area contributed by atoms with Gasteiger partial charge in [0.1, 0.15) is 11.5 Å².